The highest BCUT2D eigenvalue weighted by atomic mass is 79.9. The van der Waals surface area contributed by atoms with Gasteiger partial charge in [0.15, 0.2) is 6.61 Å². The first-order valence-electron chi connectivity index (χ1n) is 12.2. The SMILES string of the molecule is CC(C)OC(=O)COc1c(Cl)cc(C=Nn2c(C3CCCCC3)nc3ccc(Br)cc3c2=O)cc1[N+](=O)[O-]. The number of nitro benzene ring substituents is 1. The molecule has 1 aromatic heterocycles. The third-order valence-corrected chi connectivity index (χ3v) is 6.84. The zero-order valence-corrected chi connectivity index (χ0v) is 23.2. The first kappa shape index (κ1) is 27.7. The Morgan fingerprint density at radius 3 is 2.71 bits per heavy atom. The number of fused-ring (bicyclic) bond motifs is 1. The molecule has 1 fully saturated rings. The van der Waals surface area contributed by atoms with Gasteiger partial charge in [-0.25, -0.2) is 9.78 Å². The van der Waals surface area contributed by atoms with Crippen LogP contribution in [-0.2, 0) is 9.53 Å². The molecule has 4 rings (SSSR count). The van der Waals surface area contributed by atoms with Crippen LogP contribution in [0, 0.1) is 10.1 Å². The predicted octanol–water partition coefficient (Wildman–Crippen LogP) is 5.98. The summed E-state index contributed by atoms with van der Waals surface area (Å²) in [7, 11) is 0. The maximum absolute atomic E-state index is 13.5. The molecule has 0 bridgehead atoms. The summed E-state index contributed by atoms with van der Waals surface area (Å²) in [6.07, 6.45) is 5.97. The van der Waals surface area contributed by atoms with Gasteiger partial charge in [-0.3, -0.25) is 14.9 Å². The highest BCUT2D eigenvalue weighted by molar-refractivity contribution is 9.10. The Hall–Kier alpha value is -3.31. The average molecular weight is 606 g/mol. The summed E-state index contributed by atoms with van der Waals surface area (Å²) in [5, 5.41) is 16.5. The molecule has 0 N–H and O–H groups in total. The van der Waals surface area contributed by atoms with Crippen LogP contribution in [0.2, 0.25) is 5.02 Å². The summed E-state index contributed by atoms with van der Waals surface area (Å²) >= 11 is 9.70. The molecule has 0 unspecified atom stereocenters. The lowest BCUT2D eigenvalue weighted by atomic mass is 9.88. The van der Waals surface area contributed by atoms with E-state index in [4.69, 9.17) is 26.1 Å². The van der Waals surface area contributed by atoms with E-state index < -0.39 is 23.2 Å². The Kier molecular flexibility index (Phi) is 8.78. The van der Waals surface area contributed by atoms with E-state index in [1.54, 1.807) is 26.0 Å². The molecule has 200 valence electrons. The van der Waals surface area contributed by atoms with Gasteiger partial charge in [-0.1, -0.05) is 46.8 Å². The number of nitrogens with zero attached hydrogens (tertiary/aromatic N) is 4. The summed E-state index contributed by atoms with van der Waals surface area (Å²) < 4.78 is 12.3. The van der Waals surface area contributed by atoms with E-state index >= 15 is 0 Å². The van der Waals surface area contributed by atoms with Crippen molar-refractivity contribution < 1.29 is 19.2 Å². The van der Waals surface area contributed by atoms with E-state index in [1.165, 1.54) is 23.0 Å². The lowest BCUT2D eigenvalue weighted by Crippen LogP contribution is -2.25. The molecule has 0 aliphatic heterocycles. The van der Waals surface area contributed by atoms with Crippen LogP contribution < -0.4 is 10.3 Å². The van der Waals surface area contributed by atoms with Gasteiger partial charge in [-0.15, -0.1) is 0 Å². The van der Waals surface area contributed by atoms with Crippen molar-refractivity contribution in [3.8, 4) is 5.75 Å². The van der Waals surface area contributed by atoms with E-state index in [0.29, 0.717) is 16.7 Å². The van der Waals surface area contributed by atoms with Crippen molar-refractivity contribution >= 4 is 56.3 Å². The zero-order valence-electron chi connectivity index (χ0n) is 20.9. The van der Waals surface area contributed by atoms with Crippen molar-refractivity contribution in [1.82, 2.24) is 9.66 Å². The number of halogens is 2. The van der Waals surface area contributed by atoms with Crippen molar-refractivity contribution in [1.29, 1.82) is 0 Å². The van der Waals surface area contributed by atoms with Gasteiger partial charge in [0.1, 0.15) is 5.82 Å². The molecule has 0 atom stereocenters. The second-order valence-electron chi connectivity index (χ2n) is 9.26. The Morgan fingerprint density at radius 2 is 2.03 bits per heavy atom. The van der Waals surface area contributed by atoms with Gasteiger partial charge < -0.3 is 9.47 Å². The summed E-state index contributed by atoms with van der Waals surface area (Å²) in [6.45, 7) is 2.82. The molecule has 12 heteroatoms. The number of benzene rings is 2. The Morgan fingerprint density at radius 1 is 1.29 bits per heavy atom. The molecule has 10 nitrogen and oxygen atoms in total. The molecule has 0 radical (unpaired) electrons. The van der Waals surface area contributed by atoms with E-state index in [9.17, 15) is 19.7 Å². The third kappa shape index (κ3) is 6.39. The maximum atomic E-state index is 13.5. The van der Waals surface area contributed by atoms with Gasteiger partial charge in [0, 0.05) is 22.0 Å². The Labute approximate surface area is 231 Å². The van der Waals surface area contributed by atoms with Crippen LogP contribution in [0.15, 0.2) is 44.7 Å². The van der Waals surface area contributed by atoms with E-state index in [0.717, 1.165) is 36.6 Å². The van der Waals surface area contributed by atoms with Gasteiger partial charge in [0.05, 0.1) is 33.2 Å². The number of carbonyl (C=O) groups excluding carboxylic acids is 1. The average Bonchev–Trinajstić information content (AvgIpc) is 2.87. The van der Waals surface area contributed by atoms with Gasteiger partial charge in [-0.2, -0.15) is 9.78 Å². The van der Waals surface area contributed by atoms with Gasteiger partial charge in [0.2, 0.25) is 5.75 Å². The quantitative estimate of drug-likeness (QED) is 0.134. The predicted molar refractivity (Wildman–Crippen MR) is 147 cm³/mol. The number of hydrogen-bond acceptors (Lipinski definition) is 8. The van der Waals surface area contributed by atoms with Crippen molar-refractivity contribution in [2.45, 2.75) is 58.0 Å². The largest absolute Gasteiger partial charge is 0.474 e. The first-order chi connectivity index (χ1) is 18.1. The van der Waals surface area contributed by atoms with Crippen LogP contribution in [0.4, 0.5) is 5.69 Å². The van der Waals surface area contributed by atoms with E-state index in [-0.39, 0.29) is 33.9 Å². The number of nitro groups is 1. The highest BCUT2D eigenvalue weighted by Gasteiger charge is 2.24. The van der Waals surface area contributed by atoms with Crippen molar-refractivity contribution in [3.63, 3.8) is 0 Å². The Bertz CT molecular complexity index is 1470. The number of rotatable bonds is 8. The fraction of sp³-hybridized carbons (Fsp3) is 0.385. The first-order valence-corrected chi connectivity index (χ1v) is 13.4. The molecular weight excluding hydrogens is 580 g/mol. The van der Waals surface area contributed by atoms with Crippen molar-refractivity contribution in [3.05, 3.63) is 71.7 Å². The number of carbonyl (C=O) groups is 1. The second-order valence-corrected chi connectivity index (χ2v) is 10.6. The third-order valence-electron chi connectivity index (χ3n) is 6.07. The molecule has 1 aliphatic rings. The molecule has 0 spiro atoms. The molecule has 0 saturated heterocycles. The number of aromatic nitrogens is 2. The maximum Gasteiger partial charge on any atom is 0.344 e. The molecule has 0 amide bonds. The lowest BCUT2D eigenvalue weighted by Gasteiger charge is -2.22. The van der Waals surface area contributed by atoms with Gasteiger partial charge in [-0.05, 0) is 51.0 Å². The smallest absolute Gasteiger partial charge is 0.344 e. The minimum Gasteiger partial charge on any atom is -0.474 e. The molecule has 1 aliphatic carbocycles. The number of esters is 1. The van der Waals surface area contributed by atoms with Crippen molar-refractivity contribution in [2.24, 2.45) is 5.10 Å². The van der Waals surface area contributed by atoms with Crippen LogP contribution in [0.3, 0.4) is 0 Å². The Balaban J connectivity index is 1.73. The lowest BCUT2D eigenvalue weighted by molar-refractivity contribution is -0.385. The molecular formula is C26H26BrClN4O6. The normalized spacial score (nSPS) is 14.3. The molecule has 1 saturated carbocycles. The standard InChI is InChI=1S/C26H26BrClN4O6/c1-15(2)38-23(33)14-37-24-20(28)10-16(11-22(24)32(35)36)13-29-31-25(17-6-4-3-5-7-17)30-21-9-8-18(27)12-19(21)26(31)34/h8-13,15,17H,3-7,14H2,1-2H3. The molecule has 1 heterocycles. The van der Waals surface area contributed by atoms with Crippen LogP contribution in [0.5, 0.6) is 5.75 Å². The minimum atomic E-state index is -0.680. The van der Waals surface area contributed by atoms with Crippen LogP contribution in [-0.4, -0.2) is 39.5 Å². The zero-order chi connectivity index (χ0) is 27.4. The summed E-state index contributed by atoms with van der Waals surface area (Å²) in [5.41, 5.74) is 0.0742. The molecule has 38 heavy (non-hydrogen) atoms. The van der Waals surface area contributed by atoms with Gasteiger partial charge in [0.25, 0.3) is 5.56 Å². The van der Waals surface area contributed by atoms with Crippen molar-refractivity contribution in [2.75, 3.05) is 6.61 Å². The van der Waals surface area contributed by atoms with Crippen LogP contribution >= 0.6 is 27.5 Å². The molecule has 3 aromatic rings. The second kappa shape index (κ2) is 12.0. The fourth-order valence-electron chi connectivity index (χ4n) is 4.41. The monoisotopic (exact) mass is 604 g/mol. The summed E-state index contributed by atoms with van der Waals surface area (Å²) in [5.74, 6) is -0.307. The topological polar surface area (TPSA) is 126 Å². The van der Waals surface area contributed by atoms with Crippen LogP contribution in [0.25, 0.3) is 10.9 Å². The number of ether oxygens (including phenoxy) is 2. The van der Waals surface area contributed by atoms with E-state index in [2.05, 4.69) is 21.0 Å². The van der Waals surface area contributed by atoms with Gasteiger partial charge >= 0.3 is 11.7 Å². The van der Waals surface area contributed by atoms with Crippen LogP contribution in [0.1, 0.15) is 63.3 Å². The van der Waals surface area contributed by atoms with E-state index in [1.807, 2.05) is 6.07 Å². The fourth-order valence-corrected chi connectivity index (χ4v) is 5.05. The molecule has 2 aromatic carbocycles. The highest BCUT2D eigenvalue weighted by Crippen LogP contribution is 2.36. The summed E-state index contributed by atoms with van der Waals surface area (Å²) in [6, 6.07) is 7.95. The minimum absolute atomic E-state index is 0.0703. The summed E-state index contributed by atoms with van der Waals surface area (Å²) in [4.78, 5) is 41.2. The number of hydrogen-bond donors (Lipinski definition) is 0.